The topological polar surface area (TPSA) is 43.4 Å². The molecule has 0 spiro atoms. The predicted molar refractivity (Wildman–Crippen MR) is 71.3 cm³/mol. The van der Waals surface area contributed by atoms with Crippen LogP contribution in [0.3, 0.4) is 0 Å². The predicted octanol–water partition coefficient (Wildman–Crippen LogP) is 2.83. The zero-order chi connectivity index (χ0) is 14.4. The summed E-state index contributed by atoms with van der Waals surface area (Å²) in [5.74, 6) is 0.906. The van der Waals surface area contributed by atoms with E-state index in [-0.39, 0.29) is 40.2 Å². The largest absolute Gasteiger partial charge is 0.462 e. The van der Waals surface area contributed by atoms with Crippen LogP contribution >= 0.6 is 0 Å². The molecule has 0 amide bonds. The molecule has 0 unspecified atom stereocenters. The molecular weight excluding hydrogens is 240 g/mol. The minimum Gasteiger partial charge on any atom is -0.462 e. The van der Waals surface area contributed by atoms with Crippen LogP contribution in [0.15, 0.2) is 0 Å². The van der Waals surface area contributed by atoms with Gasteiger partial charge in [-0.1, -0.05) is 34.6 Å². The SMILES string of the molecule is CC(=O)O[C@@H]1C[C@@H]2[C@@H]3C(=O)[C@@H](C)[C@](C)(C1(C)C)[C@]23C. The summed E-state index contributed by atoms with van der Waals surface area (Å²) in [6, 6.07) is 0. The summed E-state index contributed by atoms with van der Waals surface area (Å²) >= 11 is 0. The van der Waals surface area contributed by atoms with Gasteiger partial charge in [0.25, 0.3) is 0 Å². The fourth-order valence-electron chi connectivity index (χ4n) is 5.71. The first kappa shape index (κ1) is 13.1. The molecule has 0 aliphatic heterocycles. The summed E-state index contributed by atoms with van der Waals surface area (Å²) in [5.41, 5.74) is -0.126. The van der Waals surface area contributed by atoms with E-state index in [2.05, 4.69) is 34.6 Å². The molecule has 0 radical (unpaired) electrons. The number of esters is 1. The second-order valence-corrected chi connectivity index (χ2v) is 7.75. The molecule has 3 fully saturated rings. The third-order valence-electron chi connectivity index (χ3n) is 7.35. The third kappa shape index (κ3) is 1.12. The quantitative estimate of drug-likeness (QED) is 0.684. The van der Waals surface area contributed by atoms with Crippen molar-refractivity contribution >= 4 is 11.8 Å². The Morgan fingerprint density at radius 1 is 1.26 bits per heavy atom. The Morgan fingerprint density at radius 2 is 1.84 bits per heavy atom. The smallest absolute Gasteiger partial charge is 0.302 e. The highest BCUT2D eigenvalue weighted by atomic mass is 16.5. The van der Waals surface area contributed by atoms with Crippen LogP contribution in [0.2, 0.25) is 0 Å². The molecule has 106 valence electrons. The summed E-state index contributed by atoms with van der Waals surface area (Å²) < 4.78 is 5.60. The standard InChI is InChI=1S/C16H24O3/c1-8-13(18)12-10-7-11(19-9(2)17)14(3,4)16(8,6)15(10,12)5/h8,10-12H,7H2,1-6H3/t8-,10-,11-,12-,15-,16-/m1/s1. The maximum atomic E-state index is 12.5. The summed E-state index contributed by atoms with van der Waals surface area (Å²) in [4.78, 5) is 23.8. The number of rotatable bonds is 1. The molecule has 3 saturated carbocycles. The van der Waals surface area contributed by atoms with E-state index in [4.69, 9.17) is 4.74 Å². The fourth-order valence-corrected chi connectivity index (χ4v) is 5.71. The number of fused-ring (bicyclic) bond motifs is 1. The van der Waals surface area contributed by atoms with Crippen molar-refractivity contribution in [3.05, 3.63) is 0 Å². The molecule has 3 nitrogen and oxygen atoms in total. The van der Waals surface area contributed by atoms with Crippen molar-refractivity contribution < 1.29 is 14.3 Å². The van der Waals surface area contributed by atoms with Gasteiger partial charge in [0.1, 0.15) is 11.9 Å². The van der Waals surface area contributed by atoms with Gasteiger partial charge in [-0.3, -0.25) is 9.59 Å². The lowest BCUT2D eigenvalue weighted by Gasteiger charge is -2.56. The number of ether oxygens (including phenoxy) is 1. The molecule has 19 heavy (non-hydrogen) atoms. The average Bonchev–Trinajstić information content (AvgIpc) is 2.85. The van der Waals surface area contributed by atoms with Crippen LogP contribution in [0.25, 0.3) is 0 Å². The molecule has 0 saturated heterocycles. The highest BCUT2D eigenvalue weighted by Gasteiger charge is 2.85. The second-order valence-electron chi connectivity index (χ2n) is 7.75. The van der Waals surface area contributed by atoms with Crippen LogP contribution < -0.4 is 0 Å². The summed E-state index contributed by atoms with van der Waals surface area (Å²) in [5, 5.41) is 0. The van der Waals surface area contributed by atoms with E-state index in [1.165, 1.54) is 6.92 Å². The minimum absolute atomic E-state index is 0.0615. The van der Waals surface area contributed by atoms with Gasteiger partial charge in [0.05, 0.1) is 0 Å². The van der Waals surface area contributed by atoms with Crippen LogP contribution in [-0.4, -0.2) is 17.9 Å². The Hall–Kier alpha value is -0.860. The van der Waals surface area contributed by atoms with Crippen LogP contribution in [-0.2, 0) is 14.3 Å². The molecule has 0 heterocycles. The molecule has 0 aromatic carbocycles. The Bertz CT molecular complexity index is 480. The number of Topliss-reactive ketones (excluding diaryl/α,β-unsaturated/α-hetero) is 1. The van der Waals surface area contributed by atoms with Crippen molar-refractivity contribution in [2.45, 2.75) is 54.1 Å². The maximum absolute atomic E-state index is 12.5. The lowest BCUT2D eigenvalue weighted by molar-refractivity contribution is -0.180. The third-order valence-corrected chi connectivity index (χ3v) is 7.35. The first-order valence-electron chi connectivity index (χ1n) is 7.31. The highest BCUT2D eigenvalue weighted by molar-refractivity contribution is 5.92. The van der Waals surface area contributed by atoms with Gasteiger partial charge in [-0.25, -0.2) is 0 Å². The van der Waals surface area contributed by atoms with Gasteiger partial charge in [0.2, 0.25) is 0 Å². The second kappa shape index (κ2) is 3.24. The van der Waals surface area contributed by atoms with Crippen molar-refractivity contribution in [2.24, 2.45) is 34.0 Å². The molecule has 6 atom stereocenters. The summed E-state index contributed by atoms with van der Waals surface area (Å²) in [7, 11) is 0. The van der Waals surface area contributed by atoms with Gasteiger partial charge < -0.3 is 4.74 Å². The molecule has 3 heteroatoms. The van der Waals surface area contributed by atoms with Crippen molar-refractivity contribution in [1.29, 1.82) is 0 Å². The van der Waals surface area contributed by atoms with Crippen molar-refractivity contribution in [3.63, 3.8) is 0 Å². The van der Waals surface area contributed by atoms with Gasteiger partial charge in [-0.05, 0) is 23.2 Å². The minimum atomic E-state index is -0.208. The van der Waals surface area contributed by atoms with Gasteiger partial charge in [0, 0.05) is 24.2 Å². The Kier molecular flexibility index (Phi) is 2.24. The van der Waals surface area contributed by atoms with Gasteiger partial charge in [-0.2, -0.15) is 0 Å². The molecule has 3 rings (SSSR count). The number of hydrogen-bond acceptors (Lipinski definition) is 3. The van der Waals surface area contributed by atoms with E-state index in [0.29, 0.717) is 11.7 Å². The van der Waals surface area contributed by atoms with Crippen LogP contribution in [0, 0.1) is 34.0 Å². The van der Waals surface area contributed by atoms with Gasteiger partial charge in [0.15, 0.2) is 0 Å². The lowest BCUT2D eigenvalue weighted by Crippen LogP contribution is -2.56. The first-order valence-corrected chi connectivity index (χ1v) is 7.31. The van der Waals surface area contributed by atoms with Crippen molar-refractivity contribution in [1.82, 2.24) is 0 Å². The average molecular weight is 264 g/mol. The number of ketones is 1. The Labute approximate surface area is 115 Å². The molecule has 0 aromatic rings. The van der Waals surface area contributed by atoms with E-state index in [9.17, 15) is 9.59 Å². The van der Waals surface area contributed by atoms with Crippen molar-refractivity contribution in [2.75, 3.05) is 0 Å². The molecule has 0 N–H and O–H groups in total. The van der Waals surface area contributed by atoms with E-state index in [1.807, 2.05) is 0 Å². The van der Waals surface area contributed by atoms with E-state index in [1.54, 1.807) is 0 Å². The van der Waals surface area contributed by atoms with Gasteiger partial charge in [-0.15, -0.1) is 0 Å². The van der Waals surface area contributed by atoms with E-state index in [0.717, 1.165) is 6.42 Å². The van der Waals surface area contributed by atoms with Gasteiger partial charge >= 0.3 is 5.97 Å². The Morgan fingerprint density at radius 3 is 2.37 bits per heavy atom. The van der Waals surface area contributed by atoms with E-state index >= 15 is 0 Å². The molecule has 3 aliphatic carbocycles. The number of carbonyl (C=O) groups is 2. The normalized spacial score (nSPS) is 53.7. The fraction of sp³-hybridized carbons (Fsp3) is 0.875. The zero-order valence-corrected chi connectivity index (χ0v) is 12.7. The molecule has 3 aliphatic rings. The first-order chi connectivity index (χ1) is 8.60. The zero-order valence-electron chi connectivity index (χ0n) is 12.7. The summed E-state index contributed by atoms with van der Waals surface area (Å²) in [6.45, 7) is 12.4. The summed E-state index contributed by atoms with van der Waals surface area (Å²) in [6.07, 6.45) is 0.788. The number of hydrogen-bond donors (Lipinski definition) is 0. The maximum Gasteiger partial charge on any atom is 0.302 e. The van der Waals surface area contributed by atoms with Crippen LogP contribution in [0.5, 0.6) is 0 Å². The van der Waals surface area contributed by atoms with E-state index < -0.39 is 0 Å². The Balaban J connectivity index is 2.07. The molecule has 0 bridgehead atoms. The van der Waals surface area contributed by atoms with Crippen LogP contribution in [0.1, 0.15) is 48.0 Å². The lowest BCUT2D eigenvalue weighted by atomic mass is 9.49. The molecule has 0 aromatic heterocycles. The highest BCUT2D eigenvalue weighted by Crippen LogP contribution is 2.84. The van der Waals surface area contributed by atoms with Crippen LogP contribution in [0.4, 0.5) is 0 Å². The van der Waals surface area contributed by atoms with Crippen molar-refractivity contribution in [3.8, 4) is 0 Å². The number of carbonyl (C=O) groups excluding carboxylic acids is 2. The monoisotopic (exact) mass is 264 g/mol. The molecular formula is C16H24O3.